The molecular formula is C17H17NO3. The maximum Gasteiger partial charge on any atom is 0.161 e. The van der Waals surface area contributed by atoms with E-state index in [1.54, 1.807) is 30.3 Å². The van der Waals surface area contributed by atoms with Gasteiger partial charge in [-0.05, 0) is 43.3 Å². The fraction of sp³-hybridized carbons (Fsp3) is 0.176. The highest BCUT2D eigenvalue weighted by Crippen LogP contribution is 2.28. The zero-order valence-electron chi connectivity index (χ0n) is 11.8. The van der Waals surface area contributed by atoms with Crippen LogP contribution in [0.5, 0.6) is 17.2 Å². The van der Waals surface area contributed by atoms with E-state index in [0.29, 0.717) is 12.4 Å². The van der Waals surface area contributed by atoms with Crippen LogP contribution < -0.4 is 4.74 Å². The Morgan fingerprint density at radius 1 is 1.05 bits per heavy atom. The van der Waals surface area contributed by atoms with E-state index < -0.39 is 0 Å². The molecule has 2 aromatic carbocycles. The zero-order chi connectivity index (χ0) is 14.8. The van der Waals surface area contributed by atoms with Gasteiger partial charge in [-0.15, -0.1) is 0 Å². The van der Waals surface area contributed by atoms with Gasteiger partial charge in [0.2, 0.25) is 0 Å². The van der Waals surface area contributed by atoms with Crippen molar-refractivity contribution in [3.8, 4) is 17.2 Å². The number of para-hydroxylation sites is 2. The van der Waals surface area contributed by atoms with Crippen molar-refractivity contribution in [3.63, 3.8) is 0 Å². The molecule has 0 amide bonds. The highest BCUT2D eigenvalue weighted by molar-refractivity contribution is 5.82. The Morgan fingerprint density at radius 3 is 2.62 bits per heavy atom. The molecule has 1 aromatic heterocycles. The normalized spacial score (nSPS) is 10.9. The molecule has 0 fully saturated rings. The summed E-state index contributed by atoms with van der Waals surface area (Å²) in [6, 6.07) is 14.2. The van der Waals surface area contributed by atoms with E-state index in [0.717, 1.165) is 23.1 Å². The summed E-state index contributed by atoms with van der Waals surface area (Å²) >= 11 is 0. The minimum atomic E-state index is 0.134. The van der Waals surface area contributed by atoms with E-state index in [4.69, 9.17) is 4.74 Å². The van der Waals surface area contributed by atoms with Gasteiger partial charge in [0.05, 0.1) is 5.69 Å². The summed E-state index contributed by atoms with van der Waals surface area (Å²) in [5.41, 5.74) is 2.06. The monoisotopic (exact) mass is 283 g/mol. The summed E-state index contributed by atoms with van der Waals surface area (Å²) in [6.45, 7) is 3.24. The molecule has 2 N–H and O–H groups in total. The standard InChI is InChI=1S/C17H17NO3/c1-2-18-13(9-12-10-14(19)7-8-15(12)18)11-21-17-6-4-3-5-16(17)20/h3-10,19-20H,2,11H2,1H3. The SMILES string of the molecule is CCn1c(COc2ccccc2O)cc2cc(O)ccc21. The van der Waals surface area contributed by atoms with Crippen molar-refractivity contribution in [2.45, 2.75) is 20.1 Å². The third-order valence-corrected chi connectivity index (χ3v) is 3.53. The van der Waals surface area contributed by atoms with Crippen LogP contribution in [-0.4, -0.2) is 14.8 Å². The Balaban J connectivity index is 1.92. The lowest BCUT2D eigenvalue weighted by Crippen LogP contribution is -2.04. The smallest absolute Gasteiger partial charge is 0.161 e. The number of rotatable bonds is 4. The van der Waals surface area contributed by atoms with Gasteiger partial charge in [0, 0.05) is 17.4 Å². The molecule has 0 aliphatic carbocycles. The second-order valence-electron chi connectivity index (χ2n) is 4.88. The summed E-state index contributed by atoms with van der Waals surface area (Å²) in [5, 5.41) is 20.3. The molecule has 0 saturated carbocycles. The maximum absolute atomic E-state index is 9.73. The molecule has 0 unspecified atom stereocenters. The second kappa shape index (κ2) is 5.40. The molecule has 4 nitrogen and oxygen atoms in total. The van der Waals surface area contributed by atoms with Crippen LogP contribution in [0.4, 0.5) is 0 Å². The summed E-state index contributed by atoms with van der Waals surface area (Å²) in [4.78, 5) is 0. The fourth-order valence-corrected chi connectivity index (χ4v) is 2.54. The number of aryl methyl sites for hydroxylation is 1. The molecule has 0 aliphatic rings. The fourth-order valence-electron chi connectivity index (χ4n) is 2.54. The van der Waals surface area contributed by atoms with Gasteiger partial charge >= 0.3 is 0 Å². The number of ether oxygens (including phenoxy) is 1. The van der Waals surface area contributed by atoms with Crippen LogP contribution >= 0.6 is 0 Å². The third kappa shape index (κ3) is 2.52. The number of hydrogen-bond donors (Lipinski definition) is 2. The van der Waals surface area contributed by atoms with Crippen molar-refractivity contribution in [3.05, 3.63) is 54.2 Å². The summed E-state index contributed by atoms with van der Waals surface area (Å²) < 4.78 is 7.83. The quantitative estimate of drug-likeness (QED) is 0.768. The largest absolute Gasteiger partial charge is 0.508 e. The molecule has 0 spiro atoms. The highest BCUT2D eigenvalue weighted by atomic mass is 16.5. The van der Waals surface area contributed by atoms with Crippen LogP contribution in [0, 0.1) is 0 Å². The second-order valence-corrected chi connectivity index (χ2v) is 4.88. The first-order valence-corrected chi connectivity index (χ1v) is 6.91. The van der Waals surface area contributed by atoms with E-state index in [1.165, 1.54) is 0 Å². The molecule has 108 valence electrons. The highest BCUT2D eigenvalue weighted by Gasteiger charge is 2.09. The molecule has 4 heteroatoms. The predicted molar refractivity (Wildman–Crippen MR) is 81.7 cm³/mol. The third-order valence-electron chi connectivity index (χ3n) is 3.53. The van der Waals surface area contributed by atoms with Crippen molar-refractivity contribution in [2.24, 2.45) is 0 Å². The lowest BCUT2D eigenvalue weighted by molar-refractivity contribution is 0.280. The van der Waals surface area contributed by atoms with Gasteiger partial charge in [-0.25, -0.2) is 0 Å². The molecule has 3 aromatic rings. The first-order valence-electron chi connectivity index (χ1n) is 6.91. The van der Waals surface area contributed by atoms with Gasteiger partial charge in [-0.2, -0.15) is 0 Å². The van der Waals surface area contributed by atoms with Crippen LogP contribution in [0.1, 0.15) is 12.6 Å². The predicted octanol–water partition coefficient (Wildman–Crippen LogP) is 3.65. The van der Waals surface area contributed by atoms with E-state index in [1.807, 2.05) is 18.2 Å². The molecule has 0 atom stereocenters. The summed E-state index contributed by atoms with van der Waals surface area (Å²) in [5.74, 6) is 0.853. The molecule has 0 saturated heterocycles. The van der Waals surface area contributed by atoms with Crippen molar-refractivity contribution >= 4 is 10.9 Å². The Labute approximate surface area is 122 Å². The average Bonchev–Trinajstić information content (AvgIpc) is 2.82. The number of phenols is 2. The van der Waals surface area contributed by atoms with E-state index in [9.17, 15) is 10.2 Å². The van der Waals surface area contributed by atoms with Crippen molar-refractivity contribution < 1.29 is 14.9 Å². The lowest BCUT2D eigenvalue weighted by atomic mass is 10.2. The number of aromatic nitrogens is 1. The molecule has 0 radical (unpaired) electrons. The molecule has 0 aliphatic heterocycles. The van der Waals surface area contributed by atoms with Gasteiger partial charge < -0.3 is 19.5 Å². The van der Waals surface area contributed by atoms with E-state index in [-0.39, 0.29) is 11.5 Å². The summed E-state index contributed by atoms with van der Waals surface area (Å²) in [7, 11) is 0. The van der Waals surface area contributed by atoms with Crippen LogP contribution in [0.2, 0.25) is 0 Å². The van der Waals surface area contributed by atoms with Crippen molar-refractivity contribution in [2.75, 3.05) is 0 Å². The molecular weight excluding hydrogens is 266 g/mol. The number of phenolic OH excluding ortho intramolecular Hbond substituents is 2. The first kappa shape index (κ1) is 13.4. The number of hydrogen-bond acceptors (Lipinski definition) is 3. The lowest BCUT2D eigenvalue weighted by Gasteiger charge is -2.10. The Kier molecular flexibility index (Phi) is 3.44. The minimum absolute atomic E-state index is 0.134. The maximum atomic E-state index is 9.73. The molecule has 0 bridgehead atoms. The molecule has 21 heavy (non-hydrogen) atoms. The summed E-state index contributed by atoms with van der Waals surface area (Å²) in [6.07, 6.45) is 0. The first-order chi connectivity index (χ1) is 10.2. The van der Waals surface area contributed by atoms with Gasteiger partial charge in [0.1, 0.15) is 12.4 Å². The Morgan fingerprint density at radius 2 is 1.86 bits per heavy atom. The van der Waals surface area contributed by atoms with Crippen molar-refractivity contribution in [1.82, 2.24) is 4.57 Å². The van der Waals surface area contributed by atoms with E-state index >= 15 is 0 Å². The number of aromatic hydroxyl groups is 2. The molecule has 3 rings (SSSR count). The van der Waals surface area contributed by atoms with Crippen LogP contribution in [0.3, 0.4) is 0 Å². The zero-order valence-corrected chi connectivity index (χ0v) is 11.8. The van der Waals surface area contributed by atoms with Gasteiger partial charge in [-0.3, -0.25) is 0 Å². The number of benzene rings is 2. The van der Waals surface area contributed by atoms with Crippen LogP contribution in [-0.2, 0) is 13.2 Å². The minimum Gasteiger partial charge on any atom is -0.508 e. The van der Waals surface area contributed by atoms with E-state index in [2.05, 4.69) is 11.5 Å². The van der Waals surface area contributed by atoms with Crippen LogP contribution in [0.25, 0.3) is 10.9 Å². The van der Waals surface area contributed by atoms with Crippen molar-refractivity contribution in [1.29, 1.82) is 0 Å². The van der Waals surface area contributed by atoms with Crippen LogP contribution in [0.15, 0.2) is 48.5 Å². The topological polar surface area (TPSA) is 54.6 Å². The number of nitrogens with zero attached hydrogens (tertiary/aromatic N) is 1. The van der Waals surface area contributed by atoms with Gasteiger partial charge in [0.15, 0.2) is 11.5 Å². The van der Waals surface area contributed by atoms with Gasteiger partial charge in [-0.1, -0.05) is 12.1 Å². The number of fused-ring (bicyclic) bond motifs is 1. The Bertz CT molecular complexity index is 777. The molecule has 1 heterocycles. The Hall–Kier alpha value is -2.62. The average molecular weight is 283 g/mol. The van der Waals surface area contributed by atoms with Gasteiger partial charge in [0.25, 0.3) is 0 Å².